The van der Waals surface area contributed by atoms with E-state index in [2.05, 4.69) is 6.92 Å². The Morgan fingerprint density at radius 3 is 1.79 bits per heavy atom. The molecule has 0 bridgehead atoms. The molecule has 0 amide bonds. The topological polar surface area (TPSA) is 55.4 Å². The van der Waals surface area contributed by atoms with Gasteiger partial charge >= 0.3 is 0 Å². The smallest absolute Gasteiger partial charge is 0.224 e. The molecule has 0 aromatic heterocycles. The number of hydrogen-bond acceptors (Lipinski definition) is 6. The van der Waals surface area contributed by atoms with Gasteiger partial charge in [0.25, 0.3) is 0 Å². The summed E-state index contributed by atoms with van der Waals surface area (Å²) < 4.78 is 54.4. The molecule has 1 saturated heterocycles. The molecule has 0 radical (unpaired) electrons. The van der Waals surface area contributed by atoms with Gasteiger partial charge in [-0.25, -0.2) is 4.39 Å². The van der Waals surface area contributed by atoms with Gasteiger partial charge in [-0.3, -0.25) is 0 Å². The fraction of sp³-hybridized carbons (Fsp3) is 0.318. The lowest BCUT2D eigenvalue weighted by molar-refractivity contribution is -0.382. The predicted octanol–water partition coefficient (Wildman–Crippen LogP) is 9.83. The molecule has 5 atom stereocenters. The Morgan fingerprint density at radius 2 is 1.25 bits per heavy atom. The van der Waals surface area contributed by atoms with Crippen LogP contribution in [0.5, 0.6) is 5.75 Å². The molecular weight excluding hydrogens is 679 g/mol. The Morgan fingerprint density at radius 1 is 0.673 bits per heavy atom. The van der Waals surface area contributed by atoms with Crippen LogP contribution < -0.4 is 4.74 Å². The van der Waals surface area contributed by atoms with Crippen molar-refractivity contribution in [3.63, 3.8) is 0 Å². The van der Waals surface area contributed by atoms with E-state index < -0.39 is 36.0 Å². The van der Waals surface area contributed by atoms with E-state index in [1.165, 1.54) is 6.07 Å². The van der Waals surface area contributed by atoms with Crippen LogP contribution in [0, 0.1) is 5.82 Å². The number of ether oxygens (including phenoxy) is 6. The van der Waals surface area contributed by atoms with Crippen molar-refractivity contribution in [1.29, 1.82) is 0 Å². The van der Waals surface area contributed by atoms with Crippen molar-refractivity contribution in [2.75, 3.05) is 13.7 Å². The lowest BCUT2D eigenvalue weighted by Crippen LogP contribution is -2.65. The zero-order valence-corrected chi connectivity index (χ0v) is 30.6. The molecule has 1 aliphatic heterocycles. The van der Waals surface area contributed by atoms with Gasteiger partial charge in [0.15, 0.2) is 11.6 Å². The Hall–Kier alpha value is -4.08. The molecule has 0 aliphatic carbocycles. The van der Waals surface area contributed by atoms with Crippen LogP contribution >= 0.6 is 11.6 Å². The summed E-state index contributed by atoms with van der Waals surface area (Å²) in [5.41, 5.74) is 5.28. The fourth-order valence-electron chi connectivity index (χ4n) is 6.75. The second-order valence-corrected chi connectivity index (χ2v) is 13.3. The average molecular weight is 725 g/mol. The molecule has 5 aromatic carbocycles. The van der Waals surface area contributed by atoms with Gasteiger partial charge in [0.1, 0.15) is 18.3 Å². The quantitative estimate of drug-likeness (QED) is 0.101. The highest BCUT2D eigenvalue weighted by atomic mass is 35.5. The molecule has 1 aliphatic rings. The fourth-order valence-corrected chi connectivity index (χ4v) is 6.93. The molecule has 52 heavy (non-hydrogen) atoms. The molecule has 5 aromatic rings. The third kappa shape index (κ3) is 8.92. The second-order valence-electron chi connectivity index (χ2n) is 12.9. The maximum absolute atomic E-state index is 14.9. The zero-order chi connectivity index (χ0) is 36.3. The van der Waals surface area contributed by atoms with Crippen LogP contribution in [0.25, 0.3) is 0 Å². The number of halogens is 2. The van der Waals surface area contributed by atoms with E-state index in [9.17, 15) is 4.39 Å². The van der Waals surface area contributed by atoms with Crippen LogP contribution in [0.3, 0.4) is 0 Å². The van der Waals surface area contributed by atoms with Crippen LogP contribution in [0.4, 0.5) is 4.39 Å². The molecule has 0 saturated carbocycles. The highest BCUT2D eigenvalue weighted by Gasteiger charge is 2.58. The van der Waals surface area contributed by atoms with Crippen LogP contribution in [0.2, 0.25) is 5.02 Å². The number of benzene rings is 5. The third-order valence-electron chi connectivity index (χ3n) is 9.38. The predicted molar refractivity (Wildman–Crippen MR) is 201 cm³/mol. The molecule has 6 nitrogen and oxygen atoms in total. The summed E-state index contributed by atoms with van der Waals surface area (Å²) >= 11 is 6.82. The Labute approximate surface area is 311 Å². The van der Waals surface area contributed by atoms with Gasteiger partial charge < -0.3 is 28.4 Å². The van der Waals surface area contributed by atoms with Gasteiger partial charge in [0.2, 0.25) is 5.79 Å². The molecule has 0 unspecified atom stereocenters. The van der Waals surface area contributed by atoms with E-state index in [4.69, 9.17) is 40.0 Å². The second kappa shape index (κ2) is 18.1. The first-order valence-corrected chi connectivity index (χ1v) is 18.2. The van der Waals surface area contributed by atoms with Crippen molar-refractivity contribution >= 4 is 11.6 Å². The molecule has 272 valence electrons. The van der Waals surface area contributed by atoms with Crippen molar-refractivity contribution in [3.8, 4) is 5.75 Å². The monoisotopic (exact) mass is 724 g/mol. The summed E-state index contributed by atoms with van der Waals surface area (Å²) in [6.45, 7) is 5.24. The normalized spacial score (nSPS) is 21.6. The summed E-state index contributed by atoms with van der Waals surface area (Å²) in [5, 5.41) is 0.537. The minimum Gasteiger partial charge on any atom is -0.491 e. The lowest BCUT2D eigenvalue weighted by atomic mass is 9.85. The van der Waals surface area contributed by atoms with Gasteiger partial charge in [-0.05, 0) is 71.8 Å². The minimum absolute atomic E-state index is 0.217. The van der Waals surface area contributed by atoms with Crippen molar-refractivity contribution in [1.82, 2.24) is 0 Å². The van der Waals surface area contributed by atoms with Crippen LogP contribution in [0.15, 0.2) is 127 Å². The summed E-state index contributed by atoms with van der Waals surface area (Å²) in [6, 6.07) is 40.8. The van der Waals surface area contributed by atoms with Crippen LogP contribution in [-0.4, -0.2) is 38.1 Å². The van der Waals surface area contributed by atoms with Crippen molar-refractivity contribution in [2.24, 2.45) is 0 Å². The highest BCUT2D eigenvalue weighted by Crippen LogP contribution is 2.45. The first-order chi connectivity index (χ1) is 25.4. The highest BCUT2D eigenvalue weighted by molar-refractivity contribution is 6.31. The largest absolute Gasteiger partial charge is 0.491 e. The Bertz CT molecular complexity index is 1840. The van der Waals surface area contributed by atoms with E-state index in [1.807, 2.05) is 122 Å². The van der Waals surface area contributed by atoms with E-state index in [1.54, 1.807) is 13.2 Å². The van der Waals surface area contributed by atoms with Crippen molar-refractivity contribution < 1.29 is 32.8 Å². The SMILES string of the molecule is CCOc1ccc(Cc2cc([C@]3(OC)O[C@H](CC)[C@@H](OCc4ccccc4)[C@H](OCc4ccccc4)[C@H]3OCc3ccccc3)ccc2Cl)cc1F. The van der Waals surface area contributed by atoms with E-state index in [0.717, 1.165) is 27.8 Å². The van der Waals surface area contributed by atoms with E-state index in [-0.39, 0.29) is 12.4 Å². The summed E-state index contributed by atoms with van der Waals surface area (Å²) in [6.07, 6.45) is -1.35. The summed E-state index contributed by atoms with van der Waals surface area (Å²) in [4.78, 5) is 0. The van der Waals surface area contributed by atoms with Gasteiger partial charge in [-0.15, -0.1) is 0 Å². The molecule has 8 heteroatoms. The minimum atomic E-state index is -1.42. The lowest BCUT2D eigenvalue weighted by Gasteiger charge is -2.52. The van der Waals surface area contributed by atoms with Crippen LogP contribution in [-0.2, 0) is 55.7 Å². The number of rotatable bonds is 16. The molecular formula is C44H46ClFO6. The standard InChI is InChI=1S/C44H46ClFO6/c1-4-39-41(49-28-31-15-9-6-10-16-31)42(50-29-32-17-11-7-12-18-32)43(51-30-33-19-13-8-14-20-33)44(47-3,52-39)36-22-23-37(45)35(27-36)25-34-21-24-40(48-5-2)38(46)26-34/h6-24,26-27,39,41-43H,4-5,25,28-30H2,1-3H3/t39-,41-,42+,43-,44+/m1/s1. The van der Waals surface area contributed by atoms with Gasteiger partial charge in [0.05, 0.1) is 32.5 Å². The molecule has 0 N–H and O–H groups in total. The van der Waals surface area contributed by atoms with Gasteiger partial charge in [0, 0.05) is 17.7 Å². The van der Waals surface area contributed by atoms with Crippen LogP contribution in [0.1, 0.15) is 53.6 Å². The maximum Gasteiger partial charge on any atom is 0.224 e. The third-order valence-corrected chi connectivity index (χ3v) is 9.75. The zero-order valence-electron chi connectivity index (χ0n) is 29.9. The molecule has 1 fully saturated rings. The van der Waals surface area contributed by atoms with E-state index in [0.29, 0.717) is 43.2 Å². The van der Waals surface area contributed by atoms with Crippen molar-refractivity contribution in [2.45, 2.75) is 76.7 Å². The molecule has 1 heterocycles. The van der Waals surface area contributed by atoms with E-state index >= 15 is 0 Å². The van der Waals surface area contributed by atoms with Gasteiger partial charge in [-0.1, -0.05) is 122 Å². The molecule has 0 spiro atoms. The first-order valence-electron chi connectivity index (χ1n) is 17.8. The Balaban J connectivity index is 1.41. The van der Waals surface area contributed by atoms with Crippen molar-refractivity contribution in [3.05, 3.63) is 172 Å². The Kier molecular flexibility index (Phi) is 13.1. The molecule has 6 rings (SSSR count). The summed E-state index contributed by atoms with van der Waals surface area (Å²) in [5.74, 6) is -1.63. The maximum atomic E-state index is 14.9. The first kappa shape index (κ1) is 37.7. The number of hydrogen-bond donors (Lipinski definition) is 0. The average Bonchev–Trinajstić information content (AvgIpc) is 3.18. The van der Waals surface area contributed by atoms with Gasteiger partial charge in [-0.2, -0.15) is 0 Å². The summed E-state index contributed by atoms with van der Waals surface area (Å²) in [7, 11) is 1.63. The number of methoxy groups -OCH3 is 1.